The molecule has 0 radical (unpaired) electrons. The third-order valence-electron chi connectivity index (χ3n) is 6.25. The molecule has 0 amide bonds. The molecule has 0 aliphatic heterocycles. The van der Waals surface area contributed by atoms with Crippen LogP contribution in [-0.2, 0) is 0 Å². The van der Waals surface area contributed by atoms with Gasteiger partial charge < -0.3 is 4.48 Å². The van der Waals surface area contributed by atoms with Gasteiger partial charge in [0.25, 0.3) is 0 Å². The number of hydrogen-bond donors (Lipinski definition) is 0. The van der Waals surface area contributed by atoms with Gasteiger partial charge in [-0.3, -0.25) is 0 Å². The Balaban J connectivity index is 7.22. The largest absolute Gasteiger partial charge is 0.460 e. The minimum Gasteiger partial charge on any atom is -0.329 e. The van der Waals surface area contributed by atoms with Gasteiger partial charge in [-0.2, -0.15) is 110 Å². The van der Waals surface area contributed by atoms with Crippen molar-refractivity contribution in [3.05, 3.63) is 0 Å². The van der Waals surface area contributed by atoms with Gasteiger partial charge in [-0.05, 0) is 6.92 Å². The summed E-state index contributed by atoms with van der Waals surface area (Å²) in [6, 6.07) is 0. The zero-order chi connectivity index (χ0) is 36.6. The van der Waals surface area contributed by atoms with Gasteiger partial charge in [0.1, 0.15) is 0 Å². The highest BCUT2D eigenvalue weighted by molar-refractivity contribution is 5.19. The Kier molecular flexibility index (Phi) is 10.2. The molecule has 26 heteroatoms. The first-order valence-corrected chi connectivity index (χ1v) is 10.6. The molecule has 1 nitrogen and oxygen atoms in total. The molecule has 0 N–H and O–H groups in total. The first-order valence-electron chi connectivity index (χ1n) is 10.6. The van der Waals surface area contributed by atoms with E-state index in [9.17, 15) is 110 Å². The van der Waals surface area contributed by atoms with Crippen molar-refractivity contribution >= 4 is 0 Å². The van der Waals surface area contributed by atoms with Gasteiger partial charge in [0.2, 0.25) is 0 Å². The average Bonchev–Trinajstić information content (AvgIpc) is 2.80. The number of nitrogens with zero attached hydrogens (tertiary/aromatic N) is 1. The van der Waals surface area contributed by atoms with E-state index in [4.69, 9.17) is 0 Å². The third-order valence-corrected chi connectivity index (χ3v) is 6.25. The van der Waals surface area contributed by atoms with Gasteiger partial charge in [-0.25, -0.2) is 0 Å². The van der Waals surface area contributed by atoms with Crippen LogP contribution >= 0.6 is 0 Å². The second kappa shape index (κ2) is 10.6. The summed E-state index contributed by atoms with van der Waals surface area (Å²) in [4.78, 5) is 0. The summed E-state index contributed by atoms with van der Waals surface area (Å²) in [5, 5.41) is 0. The van der Waals surface area contributed by atoms with Crippen LogP contribution in [0.3, 0.4) is 0 Å². The van der Waals surface area contributed by atoms with Crippen LogP contribution in [0.15, 0.2) is 0 Å². The molecule has 0 saturated heterocycles. The van der Waals surface area contributed by atoms with Crippen LogP contribution in [0.25, 0.3) is 0 Å². The van der Waals surface area contributed by atoms with Crippen LogP contribution in [0.2, 0.25) is 0 Å². The molecule has 0 aliphatic rings. The van der Waals surface area contributed by atoms with Crippen LogP contribution in [0.5, 0.6) is 0 Å². The second-order valence-electron chi connectivity index (χ2n) is 9.67. The molecule has 0 atom stereocenters. The number of rotatable bonds is 14. The Morgan fingerprint density at radius 1 is 0.341 bits per heavy atom. The Bertz CT molecular complexity index is 1020. The summed E-state index contributed by atoms with van der Waals surface area (Å²) >= 11 is 0. The van der Waals surface area contributed by atoms with Crippen molar-refractivity contribution in [3.8, 4) is 0 Å². The van der Waals surface area contributed by atoms with Crippen LogP contribution in [0.4, 0.5) is 110 Å². The van der Waals surface area contributed by atoms with E-state index in [0.717, 1.165) is 21.0 Å². The van der Waals surface area contributed by atoms with E-state index in [2.05, 4.69) is 0 Å². The predicted molar refractivity (Wildman–Crippen MR) is 92.6 cm³/mol. The lowest BCUT2D eigenvalue weighted by Crippen LogP contribution is -2.78. The van der Waals surface area contributed by atoms with E-state index in [1.807, 2.05) is 0 Å². The normalized spacial score (nSPS) is 16.9. The Morgan fingerprint density at radius 2 is 0.545 bits per heavy atom. The summed E-state index contributed by atoms with van der Waals surface area (Å²) in [5.74, 6) is -97.8. The minimum absolute atomic E-state index is 0.333. The van der Waals surface area contributed by atoms with Crippen molar-refractivity contribution in [1.29, 1.82) is 0 Å². The van der Waals surface area contributed by atoms with Gasteiger partial charge in [0.05, 0.1) is 33.6 Å². The molecule has 0 heterocycles. The fraction of sp³-hybridized carbons (Fsp3) is 1.00. The maximum absolute atomic E-state index is 13.9. The molecular weight excluding hydrogens is 705 g/mol. The lowest BCUT2D eigenvalue weighted by molar-refractivity contribution is -0.889. The van der Waals surface area contributed by atoms with E-state index in [1.165, 1.54) is 0 Å². The minimum atomic E-state index is -9.57. The predicted octanol–water partition coefficient (Wildman–Crippen LogP) is 9.02. The maximum atomic E-state index is 13.9. The SMILES string of the molecule is CC[N+](C)(C)CCC(F)(F)C(F)(F)C(F)(F)C(F)(F)C(F)(F)C(F)(F)C(F)(F)C(F)(F)C(F)(F)C(F)(F)C(F)(F)C(F)(F)F. The topological polar surface area (TPSA) is 0 Å². The summed E-state index contributed by atoms with van der Waals surface area (Å²) < 4.78 is 335. The molecule has 0 aromatic rings. The Labute approximate surface area is 227 Å². The molecule has 0 saturated carbocycles. The van der Waals surface area contributed by atoms with Gasteiger partial charge in [0.15, 0.2) is 0 Å². The first kappa shape index (κ1) is 42.2. The van der Waals surface area contributed by atoms with Gasteiger partial charge in [0, 0.05) is 0 Å². The Hall–Kier alpha value is -1.79. The van der Waals surface area contributed by atoms with Crippen LogP contribution in [-0.4, -0.2) is 103 Å². The molecule has 0 aliphatic carbocycles. The molecule has 0 unspecified atom stereocenters. The van der Waals surface area contributed by atoms with E-state index < -0.39 is 88.8 Å². The zero-order valence-corrected chi connectivity index (χ0v) is 21.0. The van der Waals surface area contributed by atoms with Crippen molar-refractivity contribution in [2.75, 3.05) is 27.2 Å². The smallest absolute Gasteiger partial charge is 0.329 e. The molecular formula is C18H15F25N+. The number of hydrogen-bond acceptors (Lipinski definition) is 0. The van der Waals surface area contributed by atoms with E-state index in [1.54, 1.807) is 0 Å². The first-order chi connectivity index (χ1) is 18.5. The third kappa shape index (κ3) is 5.38. The van der Waals surface area contributed by atoms with Crippen LogP contribution in [0.1, 0.15) is 13.3 Å². The maximum Gasteiger partial charge on any atom is 0.460 e. The molecule has 0 spiro atoms. The van der Waals surface area contributed by atoms with Gasteiger partial charge >= 0.3 is 71.3 Å². The van der Waals surface area contributed by atoms with Crippen molar-refractivity contribution in [3.63, 3.8) is 0 Å². The Morgan fingerprint density at radius 3 is 0.750 bits per heavy atom. The summed E-state index contributed by atoms with van der Waals surface area (Å²) in [6.45, 7) is -0.662. The van der Waals surface area contributed by atoms with Crippen LogP contribution < -0.4 is 0 Å². The monoisotopic (exact) mass is 720 g/mol. The van der Waals surface area contributed by atoms with Gasteiger partial charge in [-0.1, -0.05) is 0 Å². The molecule has 0 bridgehead atoms. The van der Waals surface area contributed by atoms with E-state index in [-0.39, 0.29) is 6.54 Å². The highest BCUT2D eigenvalue weighted by Gasteiger charge is 2.99. The van der Waals surface area contributed by atoms with Crippen molar-refractivity contribution < 1.29 is 114 Å². The van der Waals surface area contributed by atoms with Gasteiger partial charge in [-0.15, -0.1) is 0 Å². The highest BCUT2D eigenvalue weighted by Crippen LogP contribution is 2.67. The molecule has 0 aromatic heterocycles. The average molecular weight is 720 g/mol. The standard InChI is InChI=1S/C18H15F25N/c1-4-44(2,3)6-5-7(19,20)8(21,22)9(23,24)10(25,26)11(27,28)12(29,30)13(31,32)14(33,34)15(35,36)16(37,38)17(39,40)18(41,42)43/h4-6H2,1-3H3/q+1. The quantitative estimate of drug-likeness (QED) is 0.124. The lowest BCUT2D eigenvalue weighted by atomic mass is 9.84. The summed E-state index contributed by atoms with van der Waals surface area (Å²) in [5.41, 5.74) is 0. The molecule has 0 rings (SSSR count). The number of halogens is 25. The molecule has 266 valence electrons. The number of quaternary nitrogens is 1. The van der Waals surface area contributed by atoms with Crippen molar-refractivity contribution in [2.24, 2.45) is 0 Å². The van der Waals surface area contributed by atoms with Crippen molar-refractivity contribution in [1.82, 2.24) is 0 Å². The van der Waals surface area contributed by atoms with Crippen molar-refractivity contribution in [2.45, 2.75) is 84.7 Å². The second-order valence-corrected chi connectivity index (χ2v) is 9.67. The number of alkyl halides is 25. The molecule has 0 fully saturated rings. The lowest BCUT2D eigenvalue weighted by Gasteiger charge is -2.45. The van der Waals surface area contributed by atoms with E-state index in [0.29, 0.717) is 0 Å². The fourth-order valence-corrected chi connectivity index (χ4v) is 2.74. The zero-order valence-electron chi connectivity index (χ0n) is 21.0. The van der Waals surface area contributed by atoms with Crippen LogP contribution in [0, 0.1) is 0 Å². The highest BCUT2D eigenvalue weighted by atomic mass is 19.4. The molecule has 0 aromatic carbocycles. The molecule has 44 heavy (non-hydrogen) atoms. The summed E-state index contributed by atoms with van der Waals surface area (Å²) in [7, 11) is 1.75. The fourth-order valence-electron chi connectivity index (χ4n) is 2.74. The van der Waals surface area contributed by atoms with E-state index >= 15 is 0 Å². The summed E-state index contributed by atoms with van der Waals surface area (Å²) in [6.07, 6.45) is -10.9.